The van der Waals surface area contributed by atoms with Crippen LogP contribution < -0.4 is 4.57 Å². The van der Waals surface area contributed by atoms with Crippen molar-refractivity contribution in [1.29, 1.82) is 0 Å². The molecule has 5 aromatic rings. The minimum atomic E-state index is 0.190. The molecule has 3 heteroatoms. The summed E-state index contributed by atoms with van der Waals surface area (Å²) in [6, 6.07) is 20.8. The molecule has 0 aliphatic heterocycles. The summed E-state index contributed by atoms with van der Waals surface area (Å²) in [4.78, 5) is 3.78. The summed E-state index contributed by atoms with van der Waals surface area (Å²) in [6.07, 6.45) is 1.01. The average molecular weight is 474 g/mol. The number of furan rings is 1. The second-order valence-electron chi connectivity index (χ2n) is 11.1. The van der Waals surface area contributed by atoms with Crippen LogP contribution in [0.15, 0.2) is 65.1 Å². The number of hydrogen-bond donors (Lipinski definition) is 0. The minimum absolute atomic E-state index is 0.190. The van der Waals surface area contributed by atoms with Crippen LogP contribution in [-0.2, 0) is 13.5 Å². The van der Waals surface area contributed by atoms with Crippen molar-refractivity contribution >= 4 is 27.6 Å². The van der Waals surface area contributed by atoms with E-state index in [1.54, 1.807) is 0 Å². The standard InChI is InChI=1S/C33H33N2O/c1-20-14-15-26-28-18-25(34-7)17-27(23-12-10-9-11-13-23)31(28)36-32(26)30(20)29-16-24(19-33(4,5)6)21(2)22(3)35(29)8/h9-18H,19H2,1-6,8H3/q+1. The Kier molecular flexibility index (Phi) is 5.72. The zero-order chi connectivity index (χ0) is 25.8. The number of nitrogens with zero attached hydrogens (tertiary/aromatic N) is 2. The van der Waals surface area contributed by atoms with Gasteiger partial charge in [-0.05, 0) is 54.5 Å². The van der Waals surface area contributed by atoms with Crippen molar-refractivity contribution < 1.29 is 8.98 Å². The normalized spacial score (nSPS) is 11.8. The van der Waals surface area contributed by atoms with Gasteiger partial charge in [0.25, 0.3) is 0 Å². The molecule has 0 radical (unpaired) electrons. The highest BCUT2D eigenvalue weighted by Gasteiger charge is 2.26. The van der Waals surface area contributed by atoms with Gasteiger partial charge in [-0.1, -0.05) is 63.2 Å². The molecule has 0 saturated carbocycles. The quantitative estimate of drug-likeness (QED) is 0.189. The third-order valence-corrected chi connectivity index (χ3v) is 7.32. The van der Waals surface area contributed by atoms with Gasteiger partial charge < -0.3 is 4.42 Å². The van der Waals surface area contributed by atoms with Gasteiger partial charge in [0.05, 0.1) is 12.1 Å². The summed E-state index contributed by atoms with van der Waals surface area (Å²) in [6.45, 7) is 21.2. The van der Waals surface area contributed by atoms with Crippen molar-refractivity contribution in [2.75, 3.05) is 0 Å². The summed E-state index contributed by atoms with van der Waals surface area (Å²) in [5.74, 6) is 0. The number of aryl methyl sites for hydroxylation is 1. The largest absolute Gasteiger partial charge is 0.455 e. The van der Waals surface area contributed by atoms with Crippen LogP contribution in [0.5, 0.6) is 0 Å². The number of pyridine rings is 1. The molecule has 5 rings (SSSR count). The third kappa shape index (κ3) is 3.97. The Balaban J connectivity index is 1.87. The maximum Gasteiger partial charge on any atom is 0.216 e. The molecule has 0 spiro atoms. The van der Waals surface area contributed by atoms with E-state index in [2.05, 4.69) is 88.3 Å². The van der Waals surface area contributed by atoms with Crippen molar-refractivity contribution in [3.05, 3.63) is 94.5 Å². The lowest BCUT2D eigenvalue weighted by Crippen LogP contribution is -2.36. The van der Waals surface area contributed by atoms with Crippen LogP contribution in [0.1, 0.15) is 43.2 Å². The molecule has 2 heterocycles. The molecule has 0 bridgehead atoms. The Labute approximate surface area is 213 Å². The number of hydrogen-bond acceptors (Lipinski definition) is 1. The summed E-state index contributed by atoms with van der Waals surface area (Å²) < 4.78 is 9.04. The van der Waals surface area contributed by atoms with Gasteiger partial charge in [0.15, 0.2) is 11.4 Å². The third-order valence-electron chi connectivity index (χ3n) is 7.32. The highest BCUT2D eigenvalue weighted by Crippen LogP contribution is 2.43. The topological polar surface area (TPSA) is 21.4 Å². The van der Waals surface area contributed by atoms with E-state index in [1.807, 2.05) is 30.3 Å². The van der Waals surface area contributed by atoms with Gasteiger partial charge in [0.1, 0.15) is 18.2 Å². The highest BCUT2D eigenvalue weighted by molar-refractivity contribution is 6.14. The molecule has 0 amide bonds. The molecule has 0 saturated heterocycles. The molecule has 36 heavy (non-hydrogen) atoms. The fourth-order valence-electron chi connectivity index (χ4n) is 5.27. The van der Waals surface area contributed by atoms with Crippen LogP contribution >= 0.6 is 0 Å². The van der Waals surface area contributed by atoms with E-state index < -0.39 is 0 Å². The van der Waals surface area contributed by atoms with E-state index in [9.17, 15) is 0 Å². The number of benzene rings is 3. The van der Waals surface area contributed by atoms with E-state index in [0.29, 0.717) is 5.69 Å². The Morgan fingerprint density at radius 1 is 0.889 bits per heavy atom. The summed E-state index contributed by atoms with van der Waals surface area (Å²) in [5.41, 5.74) is 12.0. The molecular formula is C33H33N2O+. The second kappa shape index (κ2) is 8.64. The second-order valence-corrected chi connectivity index (χ2v) is 11.1. The predicted molar refractivity (Wildman–Crippen MR) is 149 cm³/mol. The van der Waals surface area contributed by atoms with Crippen molar-refractivity contribution in [1.82, 2.24) is 0 Å². The zero-order valence-electron chi connectivity index (χ0n) is 22.3. The predicted octanol–water partition coefficient (Wildman–Crippen LogP) is 8.81. The molecule has 180 valence electrons. The van der Waals surface area contributed by atoms with E-state index in [4.69, 9.17) is 11.0 Å². The maximum atomic E-state index is 7.71. The van der Waals surface area contributed by atoms with E-state index in [0.717, 1.165) is 50.7 Å². The van der Waals surface area contributed by atoms with Crippen molar-refractivity contribution in [2.45, 2.75) is 48.0 Å². The Bertz CT molecular complexity index is 1680. The lowest BCUT2D eigenvalue weighted by Gasteiger charge is -2.20. The molecule has 2 aromatic heterocycles. The molecule has 0 fully saturated rings. The lowest BCUT2D eigenvalue weighted by atomic mass is 9.85. The SMILES string of the molecule is [C-]#[N+]c1cc(-c2ccccc2)c2oc3c(-c4cc(CC(C)(C)C)c(C)c(C)[n+]4C)c(C)ccc3c2c1. The first-order chi connectivity index (χ1) is 17.1. The molecule has 0 N–H and O–H groups in total. The van der Waals surface area contributed by atoms with Gasteiger partial charge in [-0.3, -0.25) is 0 Å². The molecule has 3 nitrogen and oxygen atoms in total. The molecular weight excluding hydrogens is 440 g/mol. The van der Waals surface area contributed by atoms with Crippen LogP contribution in [0, 0.1) is 32.8 Å². The first-order valence-corrected chi connectivity index (χ1v) is 12.5. The highest BCUT2D eigenvalue weighted by atomic mass is 16.3. The van der Waals surface area contributed by atoms with E-state index in [-0.39, 0.29) is 5.41 Å². The first kappa shape index (κ1) is 23.8. The molecule has 3 aromatic carbocycles. The van der Waals surface area contributed by atoms with Gasteiger partial charge in [-0.15, -0.1) is 0 Å². The minimum Gasteiger partial charge on any atom is -0.455 e. The number of rotatable bonds is 3. The van der Waals surface area contributed by atoms with Crippen LogP contribution in [-0.4, -0.2) is 0 Å². The maximum absolute atomic E-state index is 7.71. The van der Waals surface area contributed by atoms with Crippen LogP contribution in [0.2, 0.25) is 0 Å². The van der Waals surface area contributed by atoms with Crippen LogP contribution in [0.25, 0.3) is 49.2 Å². The smallest absolute Gasteiger partial charge is 0.216 e. The monoisotopic (exact) mass is 473 g/mol. The zero-order valence-corrected chi connectivity index (χ0v) is 22.3. The molecule has 0 unspecified atom stereocenters. The van der Waals surface area contributed by atoms with E-state index in [1.165, 1.54) is 22.4 Å². The Hall–Kier alpha value is -3.90. The molecule has 0 aliphatic rings. The first-order valence-electron chi connectivity index (χ1n) is 12.5. The fraction of sp³-hybridized carbons (Fsp3) is 0.273. The fourth-order valence-corrected chi connectivity index (χ4v) is 5.27. The lowest BCUT2D eigenvalue weighted by molar-refractivity contribution is -0.667. The van der Waals surface area contributed by atoms with Crippen molar-refractivity contribution in [2.24, 2.45) is 12.5 Å². The number of aromatic nitrogens is 1. The van der Waals surface area contributed by atoms with Gasteiger partial charge in [0, 0.05) is 34.9 Å². The Morgan fingerprint density at radius 3 is 2.28 bits per heavy atom. The van der Waals surface area contributed by atoms with Gasteiger partial charge in [-0.2, -0.15) is 4.57 Å². The van der Waals surface area contributed by atoms with Gasteiger partial charge in [0.2, 0.25) is 5.69 Å². The van der Waals surface area contributed by atoms with Crippen molar-refractivity contribution in [3.8, 4) is 22.4 Å². The van der Waals surface area contributed by atoms with Crippen LogP contribution in [0.4, 0.5) is 5.69 Å². The Morgan fingerprint density at radius 2 is 1.61 bits per heavy atom. The van der Waals surface area contributed by atoms with E-state index >= 15 is 0 Å². The number of fused-ring (bicyclic) bond motifs is 3. The van der Waals surface area contributed by atoms with Gasteiger partial charge >= 0.3 is 0 Å². The molecule has 0 atom stereocenters. The van der Waals surface area contributed by atoms with Crippen molar-refractivity contribution in [3.63, 3.8) is 0 Å². The average Bonchev–Trinajstić information content (AvgIpc) is 3.22. The van der Waals surface area contributed by atoms with Gasteiger partial charge in [-0.25, -0.2) is 4.85 Å². The molecule has 0 aliphatic carbocycles. The summed E-state index contributed by atoms with van der Waals surface area (Å²) in [7, 11) is 2.14. The summed E-state index contributed by atoms with van der Waals surface area (Å²) in [5, 5.41) is 2.03. The summed E-state index contributed by atoms with van der Waals surface area (Å²) >= 11 is 0. The van der Waals surface area contributed by atoms with Crippen LogP contribution in [0.3, 0.4) is 0 Å².